The van der Waals surface area contributed by atoms with E-state index in [4.69, 9.17) is 0 Å². The first kappa shape index (κ1) is 17.5. The van der Waals surface area contributed by atoms with Crippen LogP contribution in [0.1, 0.15) is 31.9 Å². The van der Waals surface area contributed by atoms with E-state index >= 15 is 0 Å². The minimum Gasteiger partial charge on any atom is -0.333 e. The van der Waals surface area contributed by atoms with Gasteiger partial charge in [-0.05, 0) is 43.0 Å². The number of aryl methyl sites for hydroxylation is 2. The predicted octanol–water partition coefficient (Wildman–Crippen LogP) is 4.81. The number of nitrogens with zero attached hydrogens (tertiary/aromatic N) is 1. The Morgan fingerprint density at radius 1 is 1.12 bits per heavy atom. The number of rotatable bonds is 6. The Bertz CT molecular complexity index is 832. The molecule has 0 unspecified atom stereocenters. The highest BCUT2D eigenvalue weighted by Gasteiger charge is 2.18. The van der Waals surface area contributed by atoms with Crippen LogP contribution in [0, 0.1) is 0 Å². The number of anilines is 1. The summed E-state index contributed by atoms with van der Waals surface area (Å²) in [5, 5.41) is 3.66. The molecule has 0 spiro atoms. The summed E-state index contributed by atoms with van der Waals surface area (Å²) in [6.45, 7) is 6.13. The molecule has 0 aliphatic rings. The minimum atomic E-state index is -0.241. The molecule has 0 saturated carbocycles. The number of imidazole rings is 1. The van der Waals surface area contributed by atoms with Gasteiger partial charge < -0.3 is 10.3 Å². The average Bonchev–Trinajstić information content (AvgIpc) is 3.03. The van der Waals surface area contributed by atoms with Crippen LogP contribution in [0.5, 0.6) is 0 Å². The van der Waals surface area contributed by atoms with Gasteiger partial charge in [-0.2, -0.15) is 0 Å². The summed E-state index contributed by atoms with van der Waals surface area (Å²) < 4.78 is 0. The van der Waals surface area contributed by atoms with Gasteiger partial charge in [0.25, 0.3) is 0 Å². The molecular formula is C20H23N3OS. The van der Waals surface area contributed by atoms with Crippen LogP contribution in [0.2, 0.25) is 0 Å². The van der Waals surface area contributed by atoms with E-state index in [1.54, 1.807) is 0 Å². The highest BCUT2D eigenvalue weighted by atomic mass is 32.2. The molecule has 0 aliphatic carbocycles. The molecule has 5 heteroatoms. The predicted molar refractivity (Wildman–Crippen MR) is 105 cm³/mol. The maximum absolute atomic E-state index is 12.7. The van der Waals surface area contributed by atoms with Gasteiger partial charge in [0.05, 0.1) is 16.3 Å². The lowest BCUT2D eigenvalue weighted by molar-refractivity contribution is -0.115. The molecule has 0 aliphatic heterocycles. The van der Waals surface area contributed by atoms with E-state index in [0.717, 1.165) is 34.7 Å². The monoisotopic (exact) mass is 353 g/mol. The molecule has 0 bridgehead atoms. The van der Waals surface area contributed by atoms with E-state index in [-0.39, 0.29) is 11.2 Å². The van der Waals surface area contributed by atoms with E-state index in [9.17, 15) is 4.79 Å². The zero-order valence-electron chi connectivity index (χ0n) is 14.8. The van der Waals surface area contributed by atoms with Gasteiger partial charge in [-0.1, -0.05) is 55.9 Å². The zero-order chi connectivity index (χ0) is 17.8. The molecule has 1 amide bonds. The van der Waals surface area contributed by atoms with Crippen molar-refractivity contribution in [1.29, 1.82) is 0 Å². The molecule has 0 fully saturated rings. The summed E-state index contributed by atoms with van der Waals surface area (Å²) in [7, 11) is 0. The third-order valence-electron chi connectivity index (χ3n) is 4.27. The maximum atomic E-state index is 12.7. The Labute approximate surface area is 152 Å². The van der Waals surface area contributed by atoms with E-state index in [1.807, 2.05) is 31.2 Å². The Balaban J connectivity index is 1.75. The fourth-order valence-corrected chi connectivity index (χ4v) is 3.65. The highest BCUT2D eigenvalue weighted by molar-refractivity contribution is 8.00. The molecule has 130 valence electrons. The fourth-order valence-electron chi connectivity index (χ4n) is 2.83. The first-order valence-corrected chi connectivity index (χ1v) is 9.53. The summed E-state index contributed by atoms with van der Waals surface area (Å²) >= 11 is 1.44. The fraction of sp³-hybridized carbons (Fsp3) is 0.300. The first-order chi connectivity index (χ1) is 12.1. The van der Waals surface area contributed by atoms with Crippen molar-refractivity contribution in [2.75, 3.05) is 5.32 Å². The highest BCUT2D eigenvalue weighted by Crippen LogP contribution is 2.27. The second-order valence-corrected chi connectivity index (χ2v) is 7.30. The van der Waals surface area contributed by atoms with Crippen molar-refractivity contribution in [3.8, 4) is 0 Å². The summed E-state index contributed by atoms with van der Waals surface area (Å²) in [4.78, 5) is 20.5. The number of benzene rings is 2. The van der Waals surface area contributed by atoms with Crippen LogP contribution in [-0.2, 0) is 17.6 Å². The zero-order valence-corrected chi connectivity index (χ0v) is 15.6. The van der Waals surface area contributed by atoms with E-state index in [2.05, 4.69) is 47.3 Å². The second-order valence-electron chi connectivity index (χ2n) is 5.97. The van der Waals surface area contributed by atoms with Crippen molar-refractivity contribution >= 4 is 34.4 Å². The lowest BCUT2D eigenvalue weighted by atomic mass is 10.0. The van der Waals surface area contributed by atoms with Crippen LogP contribution in [0.4, 0.5) is 5.69 Å². The van der Waals surface area contributed by atoms with Crippen molar-refractivity contribution < 1.29 is 4.79 Å². The number of aromatic amines is 1. The first-order valence-electron chi connectivity index (χ1n) is 8.65. The summed E-state index contributed by atoms with van der Waals surface area (Å²) in [5.74, 6) is 0.000978. The van der Waals surface area contributed by atoms with Gasteiger partial charge in [0.1, 0.15) is 0 Å². The number of nitrogens with one attached hydrogen (secondary N) is 2. The Kier molecular flexibility index (Phi) is 5.43. The number of carbonyl (C=O) groups is 1. The number of fused-ring (bicyclic) bond motifs is 1. The van der Waals surface area contributed by atoms with Crippen LogP contribution >= 0.6 is 11.8 Å². The van der Waals surface area contributed by atoms with Gasteiger partial charge in [0.15, 0.2) is 5.16 Å². The van der Waals surface area contributed by atoms with Gasteiger partial charge in [0.2, 0.25) is 5.91 Å². The van der Waals surface area contributed by atoms with Crippen LogP contribution < -0.4 is 5.32 Å². The third kappa shape index (κ3) is 3.87. The summed E-state index contributed by atoms with van der Waals surface area (Å²) in [5.41, 5.74) is 5.22. The Morgan fingerprint density at radius 3 is 2.44 bits per heavy atom. The van der Waals surface area contributed by atoms with Crippen LogP contribution in [0.3, 0.4) is 0 Å². The molecule has 2 aromatic carbocycles. The number of amides is 1. The van der Waals surface area contributed by atoms with Gasteiger partial charge in [-0.25, -0.2) is 4.98 Å². The number of carbonyl (C=O) groups excluding carboxylic acids is 1. The van der Waals surface area contributed by atoms with Crippen molar-refractivity contribution in [2.45, 2.75) is 44.0 Å². The number of para-hydroxylation sites is 3. The number of aromatic nitrogens is 2. The topological polar surface area (TPSA) is 57.8 Å². The molecule has 25 heavy (non-hydrogen) atoms. The molecule has 1 aromatic heterocycles. The average molecular weight is 353 g/mol. The molecule has 0 saturated heterocycles. The molecule has 2 N–H and O–H groups in total. The van der Waals surface area contributed by atoms with Crippen molar-refractivity contribution in [1.82, 2.24) is 9.97 Å². The number of hydrogen-bond donors (Lipinski definition) is 2. The van der Waals surface area contributed by atoms with Gasteiger partial charge in [-0.15, -0.1) is 0 Å². The molecule has 3 aromatic rings. The molecule has 1 atom stereocenters. The lowest BCUT2D eigenvalue weighted by Gasteiger charge is -2.16. The minimum absolute atomic E-state index is 0.000978. The van der Waals surface area contributed by atoms with E-state index in [0.29, 0.717) is 0 Å². The van der Waals surface area contributed by atoms with E-state index < -0.39 is 0 Å². The molecule has 3 rings (SSSR count). The van der Waals surface area contributed by atoms with Crippen molar-refractivity contribution in [3.63, 3.8) is 0 Å². The van der Waals surface area contributed by atoms with Gasteiger partial charge >= 0.3 is 0 Å². The Morgan fingerprint density at radius 2 is 1.80 bits per heavy atom. The molecule has 4 nitrogen and oxygen atoms in total. The number of H-pyrrole nitrogens is 1. The molecular weight excluding hydrogens is 330 g/mol. The largest absolute Gasteiger partial charge is 0.333 e. The van der Waals surface area contributed by atoms with Crippen molar-refractivity contribution in [2.24, 2.45) is 0 Å². The normalized spacial score (nSPS) is 12.3. The summed E-state index contributed by atoms with van der Waals surface area (Å²) in [6.07, 6.45) is 1.79. The van der Waals surface area contributed by atoms with Crippen LogP contribution in [0.25, 0.3) is 11.0 Å². The number of thioether (sulfide) groups is 1. The van der Waals surface area contributed by atoms with Crippen LogP contribution in [0.15, 0.2) is 47.6 Å². The standard InChI is InChI=1S/C20H23N3OS/c1-4-14-9-8-10-15(5-2)18(14)23-19(24)13(3)25-20-21-16-11-6-7-12-17(16)22-20/h6-13H,4-5H2,1-3H3,(H,21,22)(H,23,24)/t13-/m1/s1. The third-order valence-corrected chi connectivity index (χ3v) is 5.26. The maximum Gasteiger partial charge on any atom is 0.237 e. The van der Waals surface area contributed by atoms with Gasteiger partial charge in [-0.3, -0.25) is 4.79 Å². The molecule has 0 radical (unpaired) electrons. The SMILES string of the molecule is CCc1cccc(CC)c1NC(=O)[C@@H](C)Sc1nc2ccccc2[nH]1. The lowest BCUT2D eigenvalue weighted by Crippen LogP contribution is -2.24. The quantitative estimate of drug-likeness (QED) is 0.625. The van der Waals surface area contributed by atoms with Gasteiger partial charge in [0, 0.05) is 5.69 Å². The smallest absolute Gasteiger partial charge is 0.237 e. The van der Waals surface area contributed by atoms with Crippen LogP contribution in [-0.4, -0.2) is 21.1 Å². The molecule has 1 heterocycles. The van der Waals surface area contributed by atoms with Crippen molar-refractivity contribution in [3.05, 3.63) is 53.6 Å². The summed E-state index contributed by atoms with van der Waals surface area (Å²) in [6, 6.07) is 14.1. The number of hydrogen-bond acceptors (Lipinski definition) is 3. The second kappa shape index (κ2) is 7.74. The Hall–Kier alpha value is -2.27. The van der Waals surface area contributed by atoms with E-state index in [1.165, 1.54) is 22.9 Å².